The Labute approximate surface area is 119 Å². The molecule has 1 amide bonds. The molecule has 5 nitrogen and oxygen atoms in total. The molecule has 1 aromatic carbocycles. The summed E-state index contributed by atoms with van der Waals surface area (Å²) in [6.45, 7) is 3.23. The molecule has 0 aromatic heterocycles. The number of carbonyl (C=O) groups is 1. The quantitative estimate of drug-likeness (QED) is 0.838. The number of nitrogens with one attached hydrogen (secondary N) is 1. The molecule has 2 rings (SSSR count). The third-order valence-electron chi connectivity index (χ3n) is 3.25. The molecule has 1 aliphatic rings. The summed E-state index contributed by atoms with van der Waals surface area (Å²) in [5, 5.41) is 3.22. The average Bonchev–Trinajstić information content (AvgIpc) is 2.53. The molecule has 1 saturated heterocycles. The van der Waals surface area contributed by atoms with Gasteiger partial charge in [-0.3, -0.25) is 4.79 Å². The van der Waals surface area contributed by atoms with Crippen LogP contribution in [0.4, 0.5) is 0 Å². The molecule has 20 heavy (non-hydrogen) atoms. The van der Waals surface area contributed by atoms with Crippen LogP contribution in [0.5, 0.6) is 11.5 Å². The van der Waals surface area contributed by atoms with E-state index in [1.165, 1.54) is 0 Å². The van der Waals surface area contributed by atoms with Crippen molar-refractivity contribution >= 4 is 12.0 Å². The number of piperazine rings is 1. The number of nitrogens with zero attached hydrogens (tertiary/aromatic N) is 1. The highest BCUT2D eigenvalue weighted by molar-refractivity contribution is 5.92. The van der Waals surface area contributed by atoms with E-state index in [2.05, 4.69) is 5.32 Å². The van der Waals surface area contributed by atoms with Crippen LogP contribution in [0.15, 0.2) is 24.3 Å². The first-order chi connectivity index (χ1) is 9.74. The molecule has 0 bridgehead atoms. The predicted octanol–water partition coefficient (Wildman–Crippen LogP) is 1.15. The van der Waals surface area contributed by atoms with E-state index in [4.69, 9.17) is 9.47 Å². The van der Waals surface area contributed by atoms with Crippen LogP contribution in [0.25, 0.3) is 6.08 Å². The molecule has 0 saturated carbocycles. The van der Waals surface area contributed by atoms with E-state index in [-0.39, 0.29) is 5.91 Å². The van der Waals surface area contributed by atoms with Crippen molar-refractivity contribution in [1.82, 2.24) is 10.2 Å². The molecule has 0 unspecified atom stereocenters. The molecule has 0 aliphatic carbocycles. The van der Waals surface area contributed by atoms with Crippen molar-refractivity contribution < 1.29 is 14.3 Å². The Morgan fingerprint density at radius 2 is 1.90 bits per heavy atom. The minimum atomic E-state index is 0.0429. The summed E-state index contributed by atoms with van der Waals surface area (Å²) >= 11 is 0. The second-order valence-corrected chi connectivity index (χ2v) is 4.52. The number of ether oxygens (including phenoxy) is 2. The van der Waals surface area contributed by atoms with E-state index in [0.29, 0.717) is 11.5 Å². The fourth-order valence-electron chi connectivity index (χ4n) is 2.11. The molecule has 1 heterocycles. The van der Waals surface area contributed by atoms with Crippen molar-refractivity contribution in [3.05, 3.63) is 29.8 Å². The van der Waals surface area contributed by atoms with Gasteiger partial charge in [-0.05, 0) is 23.8 Å². The largest absolute Gasteiger partial charge is 0.493 e. The first-order valence-electron chi connectivity index (χ1n) is 6.64. The highest BCUT2D eigenvalue weighted by atomic mass is 16.5. The van der Waals surface area contributed by atoms with E-state index >= 15 is 0 Å². The number of hydrogen-bond donors (Lipinski definition) is 1. The van der Waals surface area contributed by atoms with Crippen LogP contribution in [0.2, 0.25) is 0 Å². The highest BCUT2D eigenvalue weighted by Crippen LogP contribution is 2.27. The summed E-state index contributed by atoms with van der Waals surface area (Å²) in [5.41, 5.74) is 0.908. The number of benzene rings is 1. The lowest BCUT2D eigenvalue weighted by molar-refractivity contribution is -0.126. The Balaban J connectivity index is 2.04. The molecule has 108 valence electrons. The summed E-state index contributed by atoms with van der Waals surface area (Å²) < 4.78 is 10.4. The maximum Gasteiger partial charge on any atom is 0.246 e. The van der Waals surface area contributed by atoms with Gasteiger partial charge in [0.1, 0.15) is 0 Å². The van der Waals surface area contributed by atoms with Crippen molar-refractivity contribution in [3.8, 4) is 11.5 Å². The molecule has 1 fully saturated rings. The van der Waals surface area contributed by atoms with Crippen molar-refractivity contribution in [3.63, 3.8) is 0 Å². The van der Waals surface area contributed by atoms with Crippen LogP contribution in [-0.2, 0) is 4.79 Å². The standard InChI is InChI=1S/C15H20N2O3/c1-19-13-5-3-12(11-14(13)20-2)4-6-15(18)17-9-7-16-8-10-17/h3-6,11,16H,7-10H2,1-2H3/b6-4+. The van der Waals surface area contributed by atoms with Gasteiger partial charge in [0.25, 0.3) is 0 Å². The smallest absolute Gasteiger partial charge is 0.246 e. The number of methoxy groups -OCH3 is 2. The maximum atomic E-state index is 12.0. The van der Waals surface area contributed by atoms with Gasteiger partial charge in [0.15, 0.2) is 11.5 Å². The van der Waals surface area contributed by atoms with Crippen LogP contribution < -0.4 is 14.8 Å². The van der Waals surface area contributed by atoms with Crippen molar-refractivity contribution in [2.24, 2.45) is 0 Å². The third-order valence-corrected chi connectivity index (χ3v) is 3.25. The lowest BCUT2D eigenvalue weighted by Gasteiger charge is -2.26. The first kappa shape index (κ1) is 14.4. The molecule has 0 atom stereocenters. The molecule has 1 aliphatic heterocycles. The minimum Gasteiger partial charge on any atom is -0.493 e. The molecule has 1 aromatic rings. The van der Waals surface area contributed by atoms with Crippen molar-refractivity contribution in [1.29, 1.82) is 0 Å². The SMILES string of the molecule is COc1ccc(/C=C/C(=O)N2CCNCC2)cc1OC. The Kier molecular flexibility index (Phi) is 5.01. The third kappa shape index (κ3) is 3.51. The monoisotopic (exact) mass is 276 g/mol. The van der Waals surface area contributed by atoms with Gasteiger partial charge in [-0.25, -0.2) is 0 Å². The van der Waals surface area contributed by atoms with Gasteiger partial charge in [-0.15, -0.1) is 0 Å². The normalized spacial score (nSPS) is 15.4. The van der Waals surface area contributed by atoms with E-state index in [0.717, 1.165) is 31.7 Å². The molecule has 0 radical (unpaired) electrons. The van der Waals surface area contributed by atoms with Crippen molar-refractivity contribution in [2.75, 3.05) is 40.4 Å². The predicted molar refractivity (Wildman–Crippen MR) is 78.0 cm³/mol. The van der Waals surface area contributed by atoms with Gasteiger partial charge < -0.3 is 19.7 Å². The minimum absolute atomic E-state index is 0.0429. The second kappa shape index (κ2) is 6.96. The zero-order chi connectivity index (χ0) is 14.4. The molecule has 1 N–H and O–H groups in total. The molecule has 0 spiro atoms. The Bertz CT molecular complexity index is 494. The second-order valence-electron chi connectivity index (χ2n) is 4.52. The summed E-state index contributed by atoms with van der Waals surface area (Å²) in [6.07, 6.45) is 3.40. The number of rotatable bonds is 4. The zero-order valence-electron chi connectivity index (χ0n) is 11.9. The van der Waals surface area contributed by atoms with Crippen LogP contribution in [0, 0.1) is 0 Å². The van der Waals surface area contributed by atoms with Gasteiger partial charge in [0.2, 0.25) is 5.91 Å². The highest BCUT2D eigenvalue weighted by Gasteiger charge is 2.13. The fraction of sp³-hybridized carbons (Fsp3) is 0.400. The fourth-order valence-corrected chi connectivity index (χ4v) is 2.11. The Morgan fingerprint density at radius 3 is 2.55 bits per heavy atom. The summed E-state index contributed by atoms with van der Waals surface area (Å²) in [4.78, 5) is 13.8. The maximum absolute atomic E-state index is 12.0. The molecule has 5 heteroatoms. The van der Waals surface area contributed by atoms with Crippen LogP contribution in [0.1, 0.15) is 5.56 Å². The Morgan fingerprint density at radius 1 is 1.20 bits per heavy atom. The summed E-state index contributed by atoms with van der Waals surface area (Å²) in [6, 6.07) is 5.57. The first-order valence-corrected chi connectivity index (χ1v) is 6.64. The Hall–Kier alpha value is -2.01. The van der Waals surface area contributed by atoms with Gasteiger partial charge in [0.05, 0.1) is 14.2 Å². The van der Waals surface area contributed by atoms with Crippen molar-refractivity contribution in [2.45, 2.75) is 0 Å². The summed E-state index contributed by atoms with van der Waals surface area (Å²) in [7, 11) is 3.19. The number of hydrogen-bond acceptors (Lipinski definition) is 4. The van der Waals surface area contributed by atoms with Crippen LogP contribution in [-0.4, -0.2) is 51.2 Å². The van der Waals surface area contributed by atoms with Crippen LogP contribution in [0.3, 0.4) is 0 Å². The molecular formula is C15H20N2O3. The lowest BCUT2D eigenvalue weighted by Crippen LogP contribution is -2.45. The lowest BCUT2D eigenvalue weighted by atomic mass is 10.2. The van der Waals surface area contributed by atoms with E-state index in [9.17, 15) is 4.79 Å². The van der Waals surface area contributed by atoms with Gasteiger partial charge >= 0.3 is 0 Å². The van der Waals surface area contributed by atoms with Crippen LogP contribution >= 0.6 is 0 Å². The van der Waals surface area contributed by atoms with Gasteiger partial charge in [-0.1, -0.05) is 6.07 Å². The average molecular weight is 276 g/mol. The topological polar surface area (TPSA) is 50.8 Å². The van der Waals surface area contributed by atoms with E-state index in [1.807, 2.05) is 23.1 Å². The molecular weight excluding hydrogens is 256 g/mol. The number of carbonyl (C=O) groups excluding carboxylic acids is 1. The number of amides is 1. The summed E-state index contributed by atoms with van der Waals surface area (Å²) in [5.74, 6) is 1.38. The zero-order valence-corrected chi connectivity index (χ0v) is 11.9. The van der Waals surface area contributed by atoms with E-state index < -0.39 is 0 Å². The van der Waals surface area contributed by atoms with Gasteiger partial charge in [0, 0.05) is 32.3 Å². The van der Waals surface area contributed by atoms with E-state index in [1.54, 1.807) is 26.4 Å². The van der Waals surface area contributed by atoms with Gasteiger partial charge in [-0.2, -0.15) is 0 Å².